The van der Waals surface area contributed by atoms with Crippen molar-refractivity contribution in [1.29, 1.82) is 0 Å². The highest BCUT2D eigenvalue weighted by Crippen LogP contribution is 2.23. The first-order chi connectivity index (χ1) is 10.1. The Bertz CT molecular complexity index is 521. The number of phenolic OH excluding ortho intramolecular Hbond substituents is 2. The van der Waals surface area contributed by atoms with Gasteiger partial charge in [-0.1, -0.05) is 12.8 Å². The average molecular weight is 293 g/mol. The van der Waals surface area contributed by atoms with Crippen LogP contribution < -0.4 is 0 Å². The normalized spacial score (nSPS) is 15.3. The minimum absolute atomic E-state index is 0.0727. The molecule has 1 amide bonds. The molecule has 0 aliphatic carbocycles. The van der Waals surface area contributed by atoms with Crippen molar-refractivity contribution in [2.45, 2.75) is 25.7 Å². The number of hydrogen-bond acceptors (Lipinski definition) is 5. The first-order valence-corrected chi connectivity index (χ1v) is 7.05. The number of nitrogens with zero attached hydrogens (tertiary/aromatic N) is 1. The van der Waals surface area contributed by atoms with Crippen molar-refractivity contribution in [2.75, 3.05) is 19.7 Å². The molecule has 114 valence electrons. The summed E-state index contributed by atoms with van der Waals surface area (Å²) in [6.45, 7) is 1.06. The zero-order valence-electron chi connectivity index (χ0n) is 11.7. The van der Waals surface area contributed by atoms with Crippen LogP contribution in [0, 0.1) is 0 Å². The third-order valence-corrected chi connectivity index (χ3v) is 3.49. The second-order valence-corrected chi connectivity index (χ2v) is 5.07. The van der Waals surface area contributed by atoms with E-state index in [2.05, 4.69) is 0 Å². The van der Waals surface area contributed by atoms with Crippen molar-refractivity contribution >= 4 is 11.9 Å². The number of esters is 1. The number of amides is 1. The predicted octanol–water partition coefficient (Wildman–Crippen LogP) is 1.66. The molecule has 0 radical (unpaired) electrons. The summed E-state index contributed by atoms with van der Waals surface area (Å²) >= 11 is 0. The minimum atomic E-state index is -0.782. The molecule has 2 rings (SSSR count). The Hall–Kier alpha value is -2.24. The molecule has 21 heavy (non-hydrogen) atoms. The molecule has 0 aromatic heterocycles. The first-order valence-electron chi connectivity index (χ1n) is 7.05. The molecule has 1 heterocycles. The molecular formula is C15H19NO5. The van der Waals surface area contributed by atoms with Gasteiger partial charge in [0.05, 0.1) is 0 Å². The molecule has 1 aliphatic rings. The molecular weight excluding hydrogens is 274 g/mol. The van der Waals surface area contributed by atoms with E-state index in [1.807, 2.05) is 0 Å². The summed E-state index contributed by atoms with van der Waals surface area (Å²) in [5.41, 5.74) is -0.0727. The lowest BCUT2D eigenvalue weighted by molar-refractivity contribution is -0.134. The van der Waals surface area contributed by atoms with Crippen molar-refractivity contribution in [3.8, 4) is 11.5 Å². The van der Waals surface area contributed by atoms with Gasteiger partial charge in [0.2, 0.25) is 0 Å². The van der Waals surface area contributed by atoms with Gasteiger partial charge in [-0.05, 0) is 25.0 Å². The monoisotopic (exact) mass is 293 g/mol. The van der Waals surface area contributed by atoms with Crippen molar-refractivity contribution in [1.82, 2.24) is 4.90 Å². The van der Waals surface area contributed by atoms with E-state index >= 15 is 0 Å². The second-order valence-electron chi connectivity index (χ2n) is 5.07. The summed E-state index contributed by atoms with van der Waals surface area (Å²) in [5.74, 6) is -1.52. The average Bonchev–Trinajstić information content (AvgIpc) is 2.73. The van der Waals surface area contributed by atoms with E-state index in [0.29, 0.717) is 13.1 Å². The Labute approximate surface area is 122 Å². The molecule has 0 saturated carbocycles. The number of ether oxygens (including phenoxy) is 1. The highest BCUT2D eigenvalue weighted by Gasteiger charge is 2.19. The quantitative estimate of drug-likeness (QED) is 0.828. The molecule has 1 aromatic carbocycles. The van der Waals surface area contributed by atoms with E-state index in [1.54, 1.807) is 4.90 Å². The zero-order valence-corrected chi connectivity index (χ0v) is 11.7. The summed E-state index contributed by atoms with van der Waals surface area (Å²) in [4.78, 5) is 25.5. The van der Waals surface area contributed by atoms with Gasteiger partial charge < -0.3 is 19.8 Å². The molecule has 0 spiro atoms. The molecule has 0 bridgehead atoms. The Morgan fingerprint density at radius 1 is 1.10 bits per heavy atom. The highest BCUT2D eigenvalue weighted by atomic mass is 16.5. The first kappa shape index (κ1) is 15.2. The van der Waals surface area contributed by atoms with Crippen LogP contribution in [-0.4, -0.2) is 46.7 Å². The van der Waals surface area contributed by atoms with Gasteiger partial charge in [0.25, 0.3) is 5.91 Å². The standard InChI is InChI=1S/C15H19NO5/c17-11-5-6-12(13(18)9-11)15(20)21-10-14(19)16-7-3-1-2-4-8-16/h5-6,9,17-18H,1-4,7-8,10H2. The van der Waals surface area contributed by atoms with Crippen molar-refractivity contribution in [3.05, 3.63) is 23.8 Å². The Morgan fingerprint density at radius 2 is 1.76 bits per heavy atom. The van der Waals surface area contributed by atoms with E-state index in [0.717, 1.165) is 31.7 Å². The number of likely N-dealkylation sites (tertiary alicyclic amines) is 1. The van der Waals surface area contributed by atoms with Gasteiger partial charge in [-0.3, -0.25) is 4.79 Å². The van der Waals surface area contributed by atoms with Crippen LogP contribution in [0.15, 0.2) is 18.2 Å². The zero-order chi connectivity index (χ0) is 15.2. The minimum Gasteiger partial charge on any atom is -0.508 e. The molecule has 1 saturated heterocycles. The van der Waals surface area contributed by atoms with Crippen LogP contribution in [0.3, 0.4) is 0 Å². The fourth-order valence-electron chi connectivity index (χ4n) is 2.31. The second kappa shape index (κ2) is 6.97. The Kier molecular flexibility index (Phi) is 5.03. The molecule has 6 nitrogen and oxygen atoms in total. The number of phenols is 2. The molecule has 1 aromatic rings. The molecule has 0 unspecified atom stereocenters. The van der Waals surface area contributed by atoms with Gasteiger partial charge in [0.1, 0.15) is 17.1 Å². The maximum absolute atomic E-state index is 12.0. The lowest BCUT2D eigenvalue weighted by Crippen LogP contribution is -2.35. The Balaban J connectivity index is 1.89. The lowest BCUT2D eigenvalue weighted by atomic mass is 10.2. The van der Waals surface area contributed by atoms with Gasteiger partial charge >= 0.3 is 5.97 Å². The fourth-order valence-corrected chi connectivity index (χ4v) is 2.31. The van der Waals surface area contributed by atoms with Crippen LogP contribution in [0.25, 0.3) is 0 Å². The third kappa shape index (κ3) is 4.11. The van der Waals surface area contributed by atoms with Crippen LogP contribution in [0.4, 0.5) is 0 Å². The number of hydrogen-bond donors (Lipinski definition) is 2. The van der Waals surface area contributed by atoms with E-state index in [9.17, 15) is 14.7 Å². The summed E-state index contributed by atoms with van der Waals surface area (Å²) < 4.78 is 4.93. The SMILES string of the molecule is O=C(OCC(=O)N1CCCCCC1)c1ccc(O)cc1O. The molecule has 1 fully saturated rings. The number of rotatable bonds is 3. The number of carbonyl (C=O) groups is 2. The maximum Gasteiger partial charge on any atom is 0.342 e. The molecule has 2 N–H and O–H groups in total. The highest BCUT2D eigenvalue weighted by molar-refractivity contribution is 5.94. The Morgan fingerprint density at radius 3 is 2.38 bits per heavy atom. The maximum atomic E-state index is 12.0. The number of aromatic hydroxyl groups is 2. The van der Waals surface area contributed by atoms with E-state index in [4.69, 9.17) is 9.84 Å². The summed E-state index contributed by atoms with van der Waals surface area (Å²) in [6.07, 6.45) is 4.17. The summed E-state index contributed by atoms with van der Waals surface area (Å²) in [7, 11) is 0. The molecule has 1 aliphatic heterocycles. The lowest BCUT2D eigenvalue weighted by Gasteiger charge is -2.20. The van der Waals surface area contributed by atoms with E-state index in [-0.39, 0.29) is 29.6 Å². The van der Waals surface area contributed by atoms with Gasteiger partial charge in [-0.25, -0.2) is 4.79 Å². The third-order valence-electron chi connectivity index (χ3n) is 3.49. The van der Waals surface area contributed by atoms with E-state index in [1.165, 1.54) is 12.1 Å². The van der Waals surface area contributed by atoms with Gasteiger partial charge in [-0.2, -0.15) is 0 Å². The van der Waals surface area contributed by atoms with Crippen molar-refractivity contribution in [2.24, 2.45) is 0 Å². The number of benzene rings is 1. The van der Waals surface area contributed by atoms with Gasteiger partial charge in [0.15, 0.2) is 6.61 Å². The number of carbonyl (C=O) groups excluding carboxylic acids is 2. The smallest absolute Gasteiger partial charge is 0.342 e. The van der Waals surface area contributed by atoms with Crippen LogP contribution in [0.1, 0.15) is 36.0 Å². The van der Waals surface area contributed by atoms with Crippen LogP contribution in [0.2, 0.25) is 0 Å². The largest absolute Gasteiger partial charge is 0.508 e. The summed E-state index contributed by atoms with van der Waals surface area (Å²) in [6, 6.07) is 3.57. The topological polar surface area (TPSA) is 87.1 Å². The van der Waals surface area contributed by atoms with Crippen LogP contribution in [0.5, 0.6) is 11.5 Å². The predicted molar refractivity (Wildman–Crippen MR) is 75.1 cm³/mol. The van der Waals surface area contributed by atoms with Gasteiger partial charge in [-0.15, -0.1) is 0 Å². The van der Waals surface area contributed by atoms with Crippen LogP contribution >= 0.6 is 0 Å². The molecule has 6 heteroatoms. The van der Waals surface area contributed by atoms with Gasteiger partial charge in [0, 0.05) is 19.2 Å². The summed E-state index contributed by atoms with van der Waals surface area (Å²) in [5, 5.41) is 18.7. The van der Waals surface area contributed by atoms with Crippen LogP contribution in [-0.2, 0) is 9.53 Å². The van der Waals surface area contributed by atoms with Crippen molar-refractivity contribution < 1.29 is 24.5 Å². The van der Waals surface area contributed by atoms with Crippen molar-refractivity contribution in [3.63, 3.8) is 0 Å². The van der Waals surface area contributed by atoms with E-state index < -0.39 is 5.97 Å². The fraction of sp³-hybridized carbons (Fsp3) is 0.467. The molecule has 0 atom stereocenters.